The fourth-order valence-electron chi connectivity index (χ4n) is 1.23. The van der Waals surface area contributed by atoms with Gasteiger partial charge in [-0.3, -0.25) is 4.90 Å². The molecule has 0 N–H and O–H groups in total. The molecule has 1 aromatic rings. The molecule has 0 aromatic heterocycles. The summed E-state index contributed by atoms with van der Waals surface area (Å²) in [4.78, 5) is 2.02. The Labute approximate surface area is 79.4 Å². The van der Waals surface area contributed by atoms with Gasteiger partial charge in [0, 0.05) is 6.04 Å². The molecular weight excluding hydrogens is 160 g/mol. The smallest absolute Gasteiger partial charge is 0.0868 e. The first-order chi connectivity index (χ1) is 6.25. The van der Waals surface area contributed by atoms with Gasteiger partial charge >= 0.3 is 0 Å². The molecule has 0 radical (unpaired) electrons. The SMILES string of the molecule is C[C@@H](c1ccccc1)N(C)CC#N. The van der Waals surface area contributed by atoms with Crippen LogP contribution in [0.4, 0.5) is 0 Å². The second-order valence-electron chi connectivity index (χ2n) is 3.16. The van der Waals surface area contributed by atoms with Crippen LogP contribution in [0.3, 0.4) is 0 Å². The predicted molar refractivity (Wildman–Crippen MR) is 53.1 cm³/mol. The normalized spacial score (nSPS) is 12.5. The van der Waals surface area contributed by atoms with Gasteiger partial charge in [0.1, 0.15) is 0 Å². The number of hydrogen-bond donors (Lipinski definition) is 0. The minimum atomic E-state index is 0.306. The van der Waals surface area contributed by atoms with Gasteiger partial charge in [-0.1, -0.05) is 30.3 Å². The lowest BCUT2D eigenvalue weighted by Crippen LogP contribution is -2.22. The second kappa shape index (κ2) is 4.64. The molecule has 0 heterocycles. The topological polar surface area (TPSA) is 27.0 Å². The zero-order valence-electron chi connectivity index (χ0n) is 8.07. The van der Waals surface area contributed by atoms with Crippen LogP contribution in [0.25, 0.3) is 0 Å². The average Bonchev–Trinajstić information content (AvgIpc) is 2.18. The van der Waals surface area contributed by atoms with E-state index in [4.69, 9.17) is 5.26 Å². The van der Waals surface area contributed by atoms with Crippen LogP contribution < -0.4 is 0 Å². The zero-order chi connectivity index (χ0) is 9.68. The van der Waals surface area contributed by atoms with Crippen molar-refractivity contribution in [3.8, 4) is 6.07 Å². The summed E-state index contributed by atoms with van der Waals surface area (Å²) < 4.78 is 0. The van der Waals surface area contributed by atoms with Crippen LogP contribution in [0.2, 0.25) is 0 Å². The van der Waals surface area contributed by atoms with E-state index in [1.54, 1.807) is 0 Å². The van der Waals surface area contributed by atoms with Crippen molar-refractivity contribution in [3.63, 3.8) is 0 Å². The van der Waals surface area contributed by atoms with Crippen LogP contribution in [-0.4, -0.2) is 18.5 Å². The fraction of sp³-hybridized carbons (Fsp3) is 0.364. The summed E-state index contributed by atoms with van der Waals surface area (Å²) in [6.07, 6.45) is 0. The minimum absolute atomic E-state index is 0.306. The molecule has 0 unspecified atom stereocenters. The Morgan fingerprint density at radius 1 is 1.38 bits per heavy atom. The molecule has 0 aliphatic rings. The summed E-state index contributed by atoms with van der Waals surface area (Å²) in [7, 11) is 1.96. The van der Waals surface area contributed by atoms with E-state index in [0.717, 1.165) is 0 Å². The first-order valence-electron chi connectivity index (χ1n) is 4.38. The van der Waals surface area contributed by atoms with Crippen LogP contribution in [-0.2, 0) is 0 Å². The van der Waals surface area contributed by atoms with Gasteiger partial charge < -0.3 is 0 Å². The summed E-state index contributed by atoms with van der Waals surface area (Å²) >= 11 is 0. The molecule has 2 nitrogen and oxygen atoms in total. The third-order valence-electron chi connectivity index (χ3n) is 2.26. The molecule has 0 aliphatic heterocycles. The average molecular weight is 174 g/mol. The van der Waals surface area contributed by atoms with E-state index in [2.05, 4.69) is 25.1 Å². The molecule has 13 heavy (non-hydrogen) atoms. The maximum Gasteiger partial charge on any atom is 0.0868 e. The van der Waals surface area contributed by atoms with Gasteiger partial charge in [-0.15, -0.1) is 0 Å². The van der Waals surface area contributed by atoms with E-state index in [1.165, 1.54) is 5.56 Å². The monoisotopic (exact) mass is 174 g/mol. The Bertz CT molecular complexity index is 287. The van der Waals surface area contributed by atoms with Gasteiger partial charge in [-0.05, 0) is 19.5 Å². The van der Waals surface area contributed by atoms with E-state index in [0.29, 0.717) is 12.6 Å². The van der Waals surface area contributed by atoms with Crippen molar-refractivity contribution >= 4 is 0 Å². The standard InChI is InChI=1S/C11H14N2/c1-10(13(2)9-8-12)11-6-4-3-5-7-11/h3-7,10H,9H2,1-2H3/t10-/m0/s1. The Morgan fingerprint density at radius 3 is 2.54 bits per heavy atom. The maximum absolute atomic E-state index is 8.54. The summed E-state index contributed by atoms with van der Waals surface area (Å²) in [6, 6.07) is 12.7. The molecular formula is C11H14N2. The lowest BCUT2D eigenvalue weighted by molar-refractivity contribution is 0.293. The molecule has 0 amide bonds. The summed E-state index contributed by atoms with van der Waals surface area (Å²) in [5, 5.41) is 8.54. The van der Waals surface area contributed by atoms with Crippen LogP contribution >= 0.6 is 0 Å². The molecule has 1 atom stereocenters. The summed E-state index contributed by atoms with van der Waals surface area (Å²) in [5.74, 6) is 0. The molecule has 0 saturated heterocycles. The number of benzene rings is 1. The van der Waals surface area contributed by atoms with Crippen molar-refractivity contribution in [1.29, 1.82) is 5.26 Å². The second-order valence-corrected chi connectivity index (χ2v) is 3.16. The quantitative estimate of drug-likeness (QED) is 0.657. The third-order valence-corrected chi connectivity index (χ3v) is 2.26. The van der Waals surface area contributed by atoms with Gasteiger partial charge in [0.05, 0.1) is 12.6 Å². The minimum Gasteiger partial charge on any atom is -0.287 e. The fourth-order valence-corrected chi connectivity index (χ4v) is 1.23. The van der Waals surface area contributed by atoms with Crippen LogP contribution in [0.15, 0.2) is 30.3 Å². The summed E-state index contributed by atoms with van der Waals surface area (Å²) in [5.41, 5.74) is 1.25. The highest BCUT2D eigenvalue weighted by molar-refractivity contribution is 5.18. The van der Waals surface area contributed by atoms with E-state index < -0.39 is 0 Å². The number of nitriles is 1. The Morgan fingerprint density at radius 2 is 2.00 bits per heavy atom. The molecule has 2 heteroatoms. The highest BCUT2D eigenvalue weighted by Crippen LogP contribution is 2.16. The van der Waals surface area contributed by atoms with E-state index in [1.807, 2.05) is 30.1 Å². The van der Waals surface area contributed by atoms with Crippen molar-refractivity contribution in [2.24, 2.45) is 0 Å². The highest BCUT2D eigenvalue weighted by atomic mass is 15.1. The Kier molecular flexibility index (Phi) is 3.48. The van der Waals surface area contributed by atoms with E-state index in [-0.39, 0.29) is 0 Å². The molecule has 0 bridgehead atoms. The molecule has 1 aromatic carbocycles. The Balaban J connectivity index is 2.69. The van der Waals surface area contributed by atoms with Gasteiger partial charge in [0.15, 0.2) is 0 Å². The molecule has 0 spiro atoms. The number of nitrogens with zero attached hydrogens (tertiary/aromatic N) is 2. The van der Waals surface area contributed by atoms with Crippen LogP contribution in [0.5, 0.6) is 0 Å². The number of rotatable bonds is 3. The van der Waals surface area contributed by atoms with Crippen molar-refractivity contribution in [1.82, 2.24) is 4.90 Å². The maximum atomic E-state index is 8.54. The first-order valence-corrected chi connectivity index (χ1v) is 4.38. The largest absolute Gasteiger partial charge is 0.287 e. The third kappa shape index (κ3) is 2.57. The van der Waals surface area contributed by atoms with Gasteiger partial charge in [-0.2, -0.15) is 5.26 Å². The first kappa shape index (κ1) is 9.76. The van der Waals surface area contributed by atoms with Crippen LogP contribution in [0, 0.1) is 11.3 Å². The molecule has 0 fully saturated rings. The molecule has 68 valence electrons. The lowest BCUT2D eigenvalue weighted by Gasteiger charge is -2.21. The van der Waals surface area contributed by atoms with Gasteiger partial charge in [-0.25, -0.2) is 0 Å². The van der Waals surface area contributed by atoms with Crippen molar-refractivity contribution in [2.45, 2.75) is 13.0 Å². The van der Waals surface area contributed by atoms with Crippen molar-refractivity contribution in [2.75, 3.05) is 13.6 Å². The summed E-state index contributed by atoms with van der Waals surface area (Å²) in [6.45, 7) is 2.57. The predicted octanol–water partition coefficient (Wildman–Crippen LogP) is 2.20. The molecule has 0 saturated carbocycles. The van der Waals surface area contributed by atoms with E-state index in [9.17, 15) is 0 Å². The van der Waals surface area contributed by atoms with Gasteiger partial charge in [0.2, 0.25) is 0 Å². The lowest BCUT2D eigenvalue weighted by atomic mass is 10.1. The van der Waals surface area contributed by atoms with E-state index >= 15 is 0 Å². The zero-order valence-corrected chi connectivity index (χ0v) is 8.07. The highest BCUT2D eigenvalue weighted by Gasteiger charge is 2.09. The van der Waals surface area contributed by atoms with Crippen molar-refractivity contribution in [3.05, 3.63) is 35.9 Å². The van der Waals surface area contributed by atoms with Crippen LogP contribution in [0.1, 0.15) is 18.5 Å². The van der Waals surface area contributed by atoms with Crippen molar-refractivity contribution < 1.29 is 0 Å². The number of hydrogen-bond acceptors (Lipinski definition) is 2. The van der Waals surface area contributed by atoms with Gasteiger partial charge in [0.25, 0.3) is 0 Å². The molecule has 1 rings (SSSR count). The Hall–Kier alpha value is -1.33. The molecule has 0 aliphatic carbocycles.